The van der Waals surface area contributed by atoms with Crippen LogP contribution in [0.25, 0.3) is 0 Å². The highest BCUT2D eigenvalue weighted by molar-refractivity contribution is 5.82. The van der Waals surface area contributed by atoms with Crippen molar-refractivity contribution in [2.45, 2.75) is 89.3 Å². The Kier molecular flexibility index (Phi) is 4.65. The van der Waals surface area contributed by atoms with E-state index in [-0.39, 0.29) is 6.04 Å². The van der Waals surface area contributed by atoms with Crippen LogP contribution in [-0.2, 0) is 4.79 Å². The fourth-order valence-corrected chi connectivity index (χ4v) is 4.63. The van der Waals surface area contributed by atoms with Crippen LogP contribution >= 0.6 is 0 Å². The monoisotopic (exact) mass is 278 g/mol. The summed E-state index contributed by atoms with van der Waals surface area (Å²) in [4.78, 5) is 15.1. The summed E-state index contributed by atoms with van der Waals surface area (Å²) in [6, 6.07) is 1.28. The minimum absolute atomic E-state index is 0.126. The first-order valence-electron chi connectivity index (χ1n) is 8.86. The van der Waals surface area contributed by atoms with Crippen molar-refractivity contribution in [3.8, 4) is 0 Å². The van der Waals surface area contributed by atoms with Crippen molar-refractivity contribution < 1.29 is 4.79 Å². The first kappa shape index (κ1) is 14.4. The Hall–Kier alpha value is -0.570. The van der Waals surface area contributed by atoms with Crippen LogP contribution in [0, 0.1) is 5.92 Å². The van der Waals surface area contributed by atoms with Crippen molar-refractivity contribution in [2.24, 2.45) is 5.92 Å². The summed E-state index contributed by atoms with van der Waals surface area (Å²) in [5.41, 5.74) is 0. The van der Waals surface area contributed by atoms with E-state index in [4.69, 9.17) is 0 Å². The summed E-state index contributed by atoms with van der Waals surface area (Å²) < 4.78 is 0. The van der Waals surface area contributed by atoms with E-state index < -0.39 is 0 Å². The molecular weight excluding hydrogens is 248 g/mol. The van der Waals surface area contributed by atoms with E-state index in [9.17, 15) is 4.79 Å². The lowest BCUT2D eigenvalue weighted by atomic mass is 9.85. The van der Waals surface area contributed by atoms with Gasteiger partial charge in [-0.3, -0.25) is 4.79 Å². The van der Waals surface area contributed by atoms with Gasteiger partial charge in [-0.2, -0.15) is 0 Å². The molecule has 3 nitrogen and oxygen atoms in total. The minimum Gasteiger partial charge on any atom is -0.338 e. The summed E-state index contributed by atoms with van der Waals surface area (Å²) in [5.74, 6) is 1.18. The van der Waals surface area contributed by atoms with Gasteiger partial charge in [0.15, 0.2) is 0 Å². The lowest BCUT2D eigenvalue weighted by molar-refractivity contribution is -0.137. The maximum absolute atomic E-state index is 12.9. The molecule has 114 valence electrons. The van der Waals surface area contributed by atoms with Crippen LogP contribution < -0.4 is 5.32 Å². The Labute approximate surface area is 123 Å². The second-order valence-corrected chi connectivity index (χ2v) is 7.08. The van der Waals surface area contributed by atoms with Gasteiger partial charge in [-0.05, 0) is 50.9 Å². The standard InChI is InChI=1S/C17H30N2O/c1-2-7-14-9-5-6-11-19(14)17(20)16-12-13-8-3-4-10-15(13)18-16/h13-16,18H,2-12H2,1H3. The highest BCUT2D eigenvalue weighted by atomic mass is 16.2. The van der Waals surface area contributed by atoms with Crippen LogP contribution in [0.3, 0.4) is 0 Å². The van der Waals surface area contributed by atoms with Gasteiger partial charge in [0.25, 0.3) is 0 Å². The molecule has 2 aliphatic heterocycles. The molecule has 20 heavy (non-hydrogen) atoms. The van der Waals surface area contributed by atoms with Crippen molar-refractivity contribution in [1.82, 2.24) is 10.2 Å². The van der Waals surface area contributed by atoms with Crippen molar-refractivity contribution in [3.05, 3.63) is 0 Å². The first-order chi connectivity index (χ1) is 9.79. The maximum Gasteiger partial charge on any atom is 0.239 e. The number of rotatable bonds is 3. The molecule has 3 rings (SSSR count). The van der Waals surface area contributed by atoms with Crippen LogP contribution in [0.5, 0.6) is 0 Å². The van der Waals surface area contributed by atoms with Crippen molar-refractivity contribution in [2.75, 3.05) is 6.54 Å². The molecule has 0 spiro atoms. The molecule has 1 N–H and O–H groups in total. The number of hydrogen-bond donors (Lipinski definition) is 1. The summed E-state index contributed by atoms with van der Waals surface area (Å²) in [6.45, 7) is 3.23. The Balaban J connectivity index is 1.62. The highest BCUT2D eigenvalue weighted by Crippen LogP contribution is 2.34. The zero-order valence-corrected chi connectivity index (χ0v) is 12.9. The lowest BCUT2D eigenvalue weighted by Gasteiger charge is -2.37. The van der Waals surface area contributed by atoms with Crippen molar-refractivity contribution in [1.29, 1.82) is 0 Å². The van der Waals surface area contributed by atoms with Crippen molar-refractivity contribution in [3.63, 3.8) is 0 Å². The maximum atomic E-state index is 12.9. The minimum atomic E-state index is 0.126. The Morgan fingerprint density at radius 2 is 1.95 bits per heavy atom. The molecular formula is C17H30N2O. The fourth-order valence-electron chi connectivity index (χ4n) is 4.63. The summed E-state index contributed by atoms with van der Waals surface area (Å²) >= 11 is 0. The fraction of sp³-hybridized carbons (Fsp3) is 0.941. The lowest BCUT2D eigenvalue weighted by Crippen LogP contribution is -2.51. The van der Waals surface area contributed by atoms with E-state index in [0.717, 1.165) is 18.9 Å². The van der Waals surface area contributed by atoms with Crippen LogP contribution in [0.4, 0.5) is 0 Å². The third-order valence-corrected chi connectivity index (χ3v) is 5.69. The van der Waals surface area contributed by atoms with Gasteiger partial charge in [0.2, 0.25) is 5.91 Å². The quantitative estimate of drug-likeness (QED) is 0.860. The van der Waals surface area contributed by atoms with E-state index in [0.29, 0.717) is 18.0 Å². The number of hydrogen-bond acceptors (Lipinski definition) is 2. The van der Waals surface area contributed by atoms with Gasteiger partial charge in [-0.25, -0.2) is 0 Å². The van der Waals surface area contributed by atoms with E-state index in [1.54, 1.807) is 0 Å². The van der Waals surface area contributed by atoms with Crippen LogP contribution in [0.1, 0.15) is 71.1 Å². The van der Waals surface area contributed by atoms with Crippen LogP contribution in [-0.4, -0.2) is 35.5 Å². The van der Waals surface area contributed by atoms with Crippen molar-refractivity contribution >= 4 is 5.91 Å². The molecule has 2 saturated heterocycles. The van der Waals surface area contributed by atoms with Gasteiger partial charge in [0.1, 0.15) is 0 Å². The number of likely N-dealkylation sites (tertiary alicyclic amines) is 1. The first-order valence-corrected chi connectivity index (χ1v) is 8.86. The molecule has 0 bridgehead atoms. The van der Waals surface area contributed by atoms with Gasteiger partial charge in [0, 0.05) is 18.6 Å². The number of piperidine rings is 1. The van der Waals surface area contributed by atoms with Gasteiger partial charge >= 0.3 is 0 Å². The number of nitrogens with one attached hydrogen (secondary N) is 1. The number of fused-ring (bicyclic) bond motifs is 1. The topological polar surface area (TPSA) is 32.3 Å². The normalized spacial score (nSPS) is 37.8. The molecule has 1 amide bonds. The molecule has 4 atom stereocenters. The number of carbonyl (C=O) groups is 1. The molecule has 1 saturated carbocycles. The van der Waals surface area contributed by atoms with E-state index >= 15 is 0 Å². The number of nitrogens with zero attached hydrogens (tertiary/aromatic N) is 1. The summed E-state index contributed by atoms with van der Waals surface area (Å²) in [6.07, 6.45) is 12.5. The number of carbonyl (C=O) groups excluding carboxylic acids is 1. The third-order valence-electron chi connectivity index (χ3n) is 5.69. The van der Waals surface area contributed by atoms with Gasteiger partial charge in [-0.15, -0.1) is 0 Å². The van der Waals surface area contributed by atoms with Gasteiger partial charge in [0.05, 0.1) is 6.04 Å². The molecule has 1 aliphatic carbocycles. The molecule has 0 aromatic rings. The third kappa shape index (κ3) is 2.88. The molecule has 3 fully saturated rings. The average Bonchev–Trinajstić information content (AvgIpc) is 2.91. The molecule has 0 aromatic heterocycles. The smallest absolute Gasteiger partial charge is 0.239 e. The van der Waals surface area contributed by atoms with Gasteiger partial charge < -0.3 is 10.2 Å². The molecule has 0 aromatic carbocycles. The van der Waals surface area contributed by atoms with E-state index in [1.807, 2.05) is 0 Å². The number of amides is 1. The Bertz CT molecular complexity index is 328. The van der Waals surface area contributed by atoms with Crippen LogP contribution in [0.2, 0.25) is 0 Å². The second kappa shape index (κ2) is 6.46. The SMILES string of the molecule is CCCC1CCCCN1C(=O)C1CC2CCCCC2N1. The Morgan fingerprint density at radius 1 is 1.15 bits per heavy atom. The predicted octanol–water partition coefficient (Wildman–Crippen LogP) is 3.09. The predicted molar refractivity (Wildman–Crippen MR) is 81.5 cm³/mol. The molecule has 4 unspecified atom stereocenters. The largest absolute Gasteiger partial charge is 0.338 e. The zero-order valence-electron chi connectivity index (χ0n) is 12.9. The zero-order chi connectivity index (χ0) is 13.9. The molecule has 2 heterocycles. The summed E-state index contributed by atoms with van der Waals surface area (Å²) in [7, 11) is 0. The Morgan fingerprint density at radius 3 is 2.75 bits per heavy atom. The molecule has 3 heteroatoms. The molecule has 0 radical (unpaired) electrons. The van der Waals surface area contributed by atoms with Gasteiger partial charge in [-0.1, -0.05) is 26.2 Å². The van der Waals surface area contributed by atoms with E-state index in [2.05, 4.69) is 17.1 Å². The van der Waals surface area contributed by atoms with Crippen LogP contribution in [0.15, 0.2) is 0 Å². The van der Waals surface area contributed by atoms with E-state index in [1.165, 1.54) is 57.8 Å². The second-order valence-electron chi connectivity index (χ2n) is 7.08. The molecule has 3 aliphatic rings. The average molecular weight is 278 g/mol. The summed E-state index contributed by atoms with van der Waals surface area (Å²) in [5, 5.41) is 3.66. The highest BCUT2D eigenvalue weighted by Gasteiger charge is 2.41.